The fraction of sp³-hybridized carbons (Fsp3) is 0.588. The number of hydrogen-bond acceptors (Lipinski definition) is 3. The number of hydrogen-bond donors (Lipinski definition) is 1. The first-order chi connectivity index (χ1) is 9.47. The van der Waals surface area contributed by atoms with E-state index in [2.05, 4.69) is 27.7 Å². The quantitative estimate of drug-likeness (QED) is 0.778. The average Bonchev–Trinajstić information content (AvgIpc) is 2.43. The standard InChI is InChI=1S/C17H26O3/c1-12(2)15(10-18)16(13(3)4)11-20-17(19)14-8-6-5-7-9-14/h5-9,12-13,15-16,18H,10-11H2,1-4H3. The van der Waals surface area contributed by atoms with Crippen molar-refractivity contribution in [2.75, 3.05) is 13.2 Å². The molecular formula is C17H26O3. The van der Waals surface area contributed by atoms with Gasteiger partial charge in [-0.1, -0.05) is 45.9 Å². The lowest BCUT2D eigenvalue weighted by molar-refractivity contribution is 0.0188. The van der Waals surface area contributed by atoms with Crippen LogP contribution < -0.4 is 0 Å². The lowest BCUT2D eigenvalue weighted by Crippen LogP contribution is -2.32. The Hall–Kier alpha value is -1.35. The molecule has 20 heavy (non-hydrogen) atoms. The third-order valence-corrected chi connectivity index (χ3v) is 3.89. The highest BCUT2D eigenvalue weighted by Gasteiger charge is 2.28. The van der Waals surface area contributed by atoms with E-state index < -0.39 is 0 Å². The van der Waals surface area contributed by atoms with Crippen molar-refractivity contribution in [2.45, 2.75) is 27.7 Å². The third-order valence-electron chi connectivity index (χ3n) is 3.89. The lowest BCUT2D eigenvalue weighted by atomic mass is 9.78. The topological polar surface area (TPSA) is 46.5 Å². The molecule has 0 amide bonds. The number of carbonyl (C=O) groups excluding carboxylic acids is 1. The van der Waals surface area contributed by atoms with Crippen LogP contribution in [0.15, 0.2) is 30.3 Å². The lowest BCUT2D eigenvalue weighted by Gasteiger charge is -2.31. The second-order valence-corrected chi connectivity index (χ2v) is 5.96. The van der Waals surface area contributed by atoms with Crippen LogP contribution in [0.1, 0.15) is 38.1 Å². The fourth-order valence-electron chi connectivity index (χ4n) is 2.48. The molecular weight excluding hydrogens is 252 g/mol. The molecule has 0 saturated heterocycles. The number of carbonyl (C=O) groups is 1. The van der Waals surface area contributed by atoms with Crippen molar-refractivity contribution in [2.24, 2.45) is 23.7 Å². The van der Waals surface area contributed by atoms with Gasteiger partial charge in [0.25, 0.3) is 0 Å². The average molecular weight is 278 g/mol. The van der Waals surface area contributed by atoms with Gasteiger partial charge in [0.2, 0.25) is 0 Å². The second kappa shape index (κ2) is 8.05. The van der Waals surface area contributed by atoms with Gasteiger partial charge in [-0.25, -0.2) is 4.79 Å². The van der Waals surface area contributed by atoms with Crippen LogP contribution in [-0.2, 0) is 4.74 Å². The summed E-state index contributed by atoms with van der Waals surface area (Å²) in [7, 11) is 0. The predicted molar refractivity (Wildman–Crippen MR) is 80.5 cm³/mol. The Balaban J connectivity index is 2.66. The normalized spacial score (nSPS) is 14.3. The van der Waals surface area contributed by atoms with E-state index in [1.807, 2.05) is 18.2 Å². The van der Waals surface area contributed by atoms with Crippen LogP contribution in [0.5, 0.6) is 0 Å². The van der Waals surface area contributed by atoms with E-state index in [4.69, 9.17) is 4.74 Å². The van der Waals surface area contributed by atoms with E-state index in [9.17, 15) is 9.90 Å². The maximum Gasteiger partial charge on any atom is 0.338 e. The molecule has 0 aromatic heterocycles. The molecule has 0 saturated carbocycles. The van der Waals surface area contributed by atoms with Crippen LogP contribution in [0, 0.1) is 23.7 Å². The number of rotatable bonds is 7. The summed E-state index contributed by atoms with van der Waals surface area (Å²) in [6.07, 6.45) is 0. The molecule has 0 radical (unpaired) electrons. The molecule has 0 fully saturated rings. The summed E-state index contributed by atoms with van der Waals surface area (Å²) in [6.45, 7) is 8.88. The maximum atomic E-state index is 12.0. The van der Waals surface area contributed by atoms with Crippen LogP contribution in [0.2, 0.25) is 0 Å². The van der Waals surface area contributed by atoms with Crippen molar-refractivity contribution in [3.8, 4) is 0 Å². The predicted octanol–water partition coefficient (Wildman–Crippen LogP) is 3.38. The van der Waals surface area contributed by atoms with Crippen molar-refractivity contribution in [1.29, 1.82) is 0 Å². The summed E-state index contributed by atoms with van der Waals surface area (Å²) < 4.78 is 5.43. The summed E-state index contributed by atoms with van der Waals surface area (Å²) in [5.74, 6) is 0.754. The minimum atomic E-state index is -0.295. The molecule has 0 aliphatic rings. The number of ether oxygens (including phenoxy) is 1. The molecule has 1 rings (SSSR count). The van der Waals surface area contributed by atoms with Gasteiger partial charge in [-0.15, -0.1) is 0 Å². The van der Waals surface area contributed by atoms with Crippen molar-refractivity contribution in [1.82, 2.24) is 0 Å². The summed E-state index contributed by atoms with van der Waals surface area (Å²) in [6, 6.07) is 9.01. The van der Waals surface area contributed by atoms with Crippen LogP contribution in [0.3, 0.4) is 0 Å². The monoisotopic (exact) mass is 278 g/mol. The molecule has 1 aromatic rings. The Morgan fingerprint density at radius 1 is 1.05 bits per heavy atom. The molecule has 0 aliphatic carbocycles. The first-order valence-electron chi connectivity index (χ1n) is 7.30. The Kier molecular flexibility index (Phi) is 6.73. The zero-order valence-corrected chi connectivity index (χ0v) is 12.9. The molecule has 0 bridgehead atoms. The zero-order valence-electron chi connectivity index (χ0n) is 12.9. The van der Waals surface area contributed by atoms with Gasteiger partial charge in [0.15, 0.2) is 0 Å². The Bertz CT molecular complexity index is 398. The van der Waals surface area contributed by atoms with E-state index in [0.717, 1.165) is 0 Å². The summed E-state index contributed by atoms with van der Waals surface area (Å²) in [4.78, 5) is 12.0. The highest BCUT2D eigenvalue weighted by atomic mass is 16.5. The van der Waals surface area contributed by atoms with Crippen LogP contribution >= 0.6 is 0 Å². The minimum absolute atomic E-state index is 0.128. The largest absolute Gasteiger partial charge is 0.462 e. The van der Waals surface area contributed by atoms with E-state index >= 15 is 0 Å². The zero-order chi connectivity index (χ0) is 15.1. The van der Waals surface area contributed by atoms with Gasteiger partial charge in [0.05, 0.1) is 12.2 Å². The van der Waals surface area contributed by atoms with Gasteiger partial charge < -0.3 is 9.84 Å². The molecule has 112 valence electrons. The molecule has 0 spiro atoms. The Morgan fingerprint density at radius 3 is 2.05 bits per heavy atom. The Labute approximate surface area is 122 Å². The number of aliphatic hydroxyl groups is 1. The minimum Gasteiger partial charge on any atom is -0.462 e. The van der Waals surface area contributed by atoms with E-state index in [-0.39, 0.29) is 24.4 Å². The first-order valence-corrected chi connectivity index (χ1v) is 7.30. The molecule has 3 heteroatoms. The molecule has 3 nitrogen and oxygen atoms in total. The maximum absolute atomic E-state index is 12.0. The summed E-state index contributed by atoms with van der Waals surface area (Å²) >= 11 is 0. The molecule has 1 aromatic carbocycles. The second-order valence-electron chi connectivity index (χ2n) is 5.96. The highest BCUT2D eigenvalue weighted by molar-refractivity contribution is 5.89. The molecule has 0 heterocycles. The van der Waals surface area contributed by atoms with Crippen molar-refractivity contribution < 1.29 is 14.6 Å². The first kappa shape index (κ1) is 16.7. The van der Waals surface area contributed by atoms with Crippen LogP contribution in [-0.4, -0.2) is 24.3 Å². The van der Waals surface area contributed by atoms with Crippen molar-refractivity contribution in [3.05, 3.63) is 35.9 Å². The van der Waals surface area contributed by atoms with Gasteiger partial charge in [0, 0.05) is 12.5 Å². The molecule has 0 aliphatic heterocycles. The van der Waals surface area contributed by atoms with Gasteiger partial charge >= 0.3 is 5.97 Å². The van der Waals surface area contributed by atoms with E-state index in [1.165, 1.54) is 0 Å². The fourth-order valence-corrected chi connectivity index (χ4v) is 2.48. The van der Waals surface area contributed by atoms with Gasteiger partial charge in [-0.2, -0.15) is 0 Å². The van der Waals surface area contributed by atoms with Gasteiger partial charge in [-0.05, 0) is 29.9 Å². The molecule has 1 N–H and O–H groups in total. The van der Waals surface area contributed by atoms with Crippen LogP contribution in [0.25, 0.3) is 0 Å². The van der Waals surface area contributed by atoms with Crippen LogP contribution in [0.4, 0.5) is 0 Å². The summed E-state index contributed by atoms with van der Waals surface area (Å²) in [5.41, 5.74) is 0.570. The van der Waals surface area contributed by atoms with Crippen molar-refractivity contribution >= 4 is 5.97 Å². The number of benzene rings is 1. The van der Waals surface area contributed by atoms with Gasteiger partial charge in [0.1, 0.15) is 0 Å². The SMILES string of the molecule is CC(C)C(CO)C(COC(=O)c1ccccc1)C(C)C. The smallest absolute Gasteiger partial charge is 0.338 e. The highest BCUT2D eigenvalue weighted by Crippen LogP contribution is 2.27. The van der Waals surface area contributed by atoms with E-state index in [1.54, 1.807) is 12.1 Å². The van der Waals surface area contributed by atoms with Gasteiger partial charge in [-0.3, -0.25) is 0 Å². The summed E-state index contributed by atoms with van der Waals surface area (Å²) in [5, 5.41) is 9.56. The Morgan fingerprint density at radius 2 is 1.60 bits per heavy atom. The molecule has 2 unspecified atom stereocenters. The third kappa shape index (κ3) is 4.64. The number of esters is 1. The van der Waals surface area contributed by atoms with E-state index in [0.29, 0.717) is 24.0 Å². The number of aliphatic hydroxyl groups excluding tert-OH is 1. The molecule has 2 atom stereocenters. The van der Waals surface area contributed by atoms with Crippen molar-refractivity contribution in [3.63, 3.8) is 0 Å².